The summed E-state index contributed by atoms with van der Waals surface area (Å²) in [5.74, 6) is -2.04. The normalized spacial score (nSPS) is 12.2. The molecule has 0 aliphatic rings. The third-order valence-electron chi connectivity index (χ3n) is 2.60. The van der Waals surface area contributed by atoms with Crippen molar-refractivity contribution in [3.8, 4) is 5.75 Å². The third kappa shape index (κ3) is 5.89. The lowest BCUT2D eigenvalue weighted by Gasteiger charge is -2.06. The van der Waals surface area contributed by atoms with Crippen molar-refractivity contribution in [1.29, 1.82) is 0 Å². The number of guanidine groups is 1. The molecule has 1 unspecified atom stereocenters. The predicted molar refractivity (Wildman–Crippen MR) is 77.0 cm³/mol. The number of hydrogen-bond acceptors (Lipinski definition) is 4. The highest BCUT2D eigenvalue weighted by Gasteiger charge is 2.14. The van der Waals surface area contributed by atoms with Crippen molar-refractivity contribution in [2.75, 3.05) is 6.54 Å². The summed E-state index contributed by atoms with van der Waals surface area (Å²) < 4.78 is 12.8. The highest BCUT2D eigenvalue weighted by Crippen LogP contribution is 2.16. The van der Waals surface area contributed by atoms with Crippen molar-refractivity contribution < 1.29 is 19.4 Å². The molecule has 0 radical (unpaired) electrons. The Morgan fingerprint density at radius 2 is 2.14 bits per heavy atom. The number of nitrogens with zero attached hydrogens (tertiary/aromatic N) is 2. The SMILES string of the molecule is NC(N)=NCCCC(N=Cc1ccc(F)cc1O)C(=O)O. The quantitative estimate of drug-likeness (QED) is 0.329. The minimum absolute atomic E-state index is 0.0541. The molecule has 0 amide bonds. The minimum Gasteiger partial charge on any atom is -0.507 e. The van der Waals surface area contributed by atoms with Crippen LogP contribution in [0.3, 0.4) is 0 Å². The fraction of sp³-hybridized carbons (Fsp3) is 0.308. The van der Waals surface area contributed by atoms with Crippen molar-refractivity contribution in [3.05, 3.63) is 29.6 Å². The third-order valence-corrected chi connectivity index (χ3v) is 2.60. The van der Waals surface area contributed by atoms with Gasteiger partial charge < -0.3 is 21.7 Å². The number of aliphatic imine (C=N–C) groups is 2. The highest BCUT2D eigenvalue weighted by molar-refractivity contribution is 5.86. The molecule has 1 rings (SSSR count). The van der Waals surface area contributed by atoms with E-state index in [-0.39, 0.29) is 23.7 Å². The molecule has 1 aromatic carbocycles. The number of rotatable bonds is 7. The van der Waals surface area contributed by atoms with Crippen LogP contribution in [0.4, 0.5) is 4.39 Å². The van der Waals surface area contributed by atoms with E-state index in [2.05, 4.69) is 9.98 Å². The maximum Gasteiger partial charge on any atom is 0.328 e. The van der Waals surface area contributed by atoms with E-state index in [0.717, 1.165) is 12.1 Å². The number of carbonyl (C=O) groups is 1. The number of benzene rings is 1. The molecule has 0 saturated carbocycles. The molecule has 0 aromatic heterocycles. The van der Waals surface area contributed by atoms with E-state index in [9.17, 15) is 14.3 Å². The van der Waals surface area contributed by atoms with Gasteiger partial charge in [0.1, 0.15) is 17.6 Å². The summed E-state index contributed by atoms with van der Waals surface area (Å²) in [6, 6.07) is 2.40. The van der Waals surface area contributed by atoms with Crippen molar-refractivity contribution in [3.63, 3.8) is 0 Å². The van der Waals surface area contributed by atoms with Gasteiger partial charge in [0.2, 0.25) is 0 Å². The first kappa shape index (κ1) is 16.4. The molecule has 0 spiro atoms. The number of phenolic OH excluding ortho intramolecular Hbond substituents is 1. The van der Waals surface area contributed by atoms with E-state index in [1.54, 1.807) is 0 Å². The molecular formula is C13H17FN4O3. The first-order chi connectivity index (χ1) is 9.90. The van der Waals surface area contributed by atoms with Crippen LogP contribution < -0.4 is 11.5 Å². The van der Waals surface area contributed by atoms with E-state index in [0.29, 0.717) is 13.0 Å². The van der Waals surface area contributed by atoms with Gasteiger partial charge in [-0.05, 0) is 25.0 Å². The summed E-state index contributed by atoms with van der Waals surface area (Å²) in [6.07, 6.45) is 1.89. The fourth-order valence-corrected chi connectivity index (χ4v) is 1.55. The van der Waals surface area contributed by atoms with Gasteiger partial charge >= 0.3 is 5.97 Å². The van der Waals surface area contributed by atoms with Crippen molar-refractivity contribution >= 4 is 18.1 Å². The maximum atomic E-state index is 12.8. The molecule has 0 heterocycles. The first-order valence-corrected chi connectivity index (χ1v) is 6.20. The lowest BCUT2D eigenvalue weighted by Crippen LogP contribution is -2.23. The Labute approximate surface area is 120 Å². The summed E-state index contributed by atoms with van der Waals surface area (Å²) >= 11 is 0. The van der Waals surface area contributed by atoms with E-state index >= 15 is 0 Å². The van der Waals surface area contributed by atoms with Gasteiger partial charge in [-0.25, -0.2) is 9.18 Å². The highest BCUT2D eigenvalue weighted by atomic mass is 19.1. The van der Waals surface area contributed by atoms with Crippen molar-refractivity contribution in [1.82, 2.24) is 0 Å². The summed E-state index contributed by atoms with van der Waals surface area (Å²) in [6.45, 7) is 0.309. The average Bonchev–Trinajstić information content (AvgIpc) is 2.39. The standard InChI is InChI=1S/C13H17FN4O3/c14-9-4-3-8(11(19)6-9)7-18-10(12(20)21)2-1-5-17-13(15)16/h3-4,6-7,10,19H,1-2,5H2,(H,20,21)(H4,15,16,17). The zero-order valence-corrected chi connectivity index (χ0v) is 11.2. The minimum atomic E-state index is -1.10. The lowest BCUT2D eigenvalue weighted by molar-refractivity contribution is -0.138. The largest absolute Gasteiger partial charge is 0.507 e. The van der Waals surface area contributed by atoms with Crippen LogP contribution in [-0.2, 0) is 4.79 Å². The Morgan fingerprint density at radius 1 is 1.43 bits per heavy atom. The predicted octanol–water partition coefficient (Wildman–Crippen LogP) is 0.457. The second-order valence-corrected chi connectivity index (χ2v) is 4.28. The van der Waals surface area contributed by atoms with Crippen LogP contribution in [-0.4, -0.2) is 40.9 Å². The maximum absolute atomic E-state index is 12.8. The molecule has 8 heteroatoms. The molecule has 0 saturated heterocycles. The summed E-state index contributed by atoms with van der Waals surface area (Å²) in [5, 5.41) is 18.5. The molecule has 0 aliphatic carbocycles. The second-order valence-electron chi connectivity index (χ2n) is 4.28. The summed E-state index contributed by atoms with van der Waals surface area (Å²) in [5.41, 5.74) is 10.6. The number of aromatic hydroxyl groups is 1. The van der Waals surface area contributed by atoms with E-state index in [1.807, 2.05) is 0 Å². The van der Waals surface area contributed by atoms with Gasteiger partial charge in [0.05, 0.1) is 0 Å². The van der Waals surface area contributed by atoms with Crippen LogP contribution in [0.15, 0.2) is 28.2 Å². The zero-order chi connectivity index (χ0) is 15.8. The van der Waals surface area contributed by atoms with Crippen LogP contribution in [0.25, 0.3) is 0 Å². The van der Waals surface area contributed by atoms with E-state index < -0.39 is 17.8 Å². The van der Waals surface area contributed by atoms with Gasteiger partial charge in [0, 0.05) is 24.4 Å². The fourth-order valence-electron chi connectivity index (χ4n) is 1.55. The Morgan fingerprint density at radius 3 is 2.71 bits per heavy atom. The summed E-state index contributed by atoms with van der Waals surface area (Å²) in [4.78, 5) is 18.7. The lowest BCUT2D eigenvalue weighted by atomic mass is 10.1. The first-order valence-electron chi connectivity index (χ1n) is 6.20. The molecule has 0 fully saturated rings. The van der Waals surface area contributed by atoms with Gasteiger partial charge in [-0.2, -0.15) is 0 Å². The number of carboxylic acids is 1. The number of phenols is 1. The second kappa shape index (κ2) is 7.83. The van der Waals surface area contributed by atoms with E-state index in [4.69, 9.17) is 16.6 Å². The Hall–Kier alpha value is -2.64. The van der Waals surface area contributed by atoms with Crippen LogP contribution in [0.5, 0.6) is 5.75 Å². The van der Waals surface area contributed by atoms with Gasteiger partial charge in [-0.15, -0.1) is 0 Å². The Bertz CT molecular complexity index is 556. The molecule has 114 valence electrons. The molecule has 7 nitrogen and oxygen atoms in total. The van der Waals surface area contributed by atoms with Crippen LogP contribution in [0.2, 0.25) is 0 Å². The number of hydrogen-bond donors (Lipinski definition) is 4. The molecule has 0 bridgehead atoms. The number of carboxylic acid groups (broad SMARTS) is 1. The van der Waals surface area contributed by atoms with E-state index in [1.165, 1.54) is 12.3 Å². The zero-order valence-electron chi connectivity index (χ0n) is 11.2. The Kier molecular flexibility index (Phi) is 6.12. The average molecular weight is 296 g/mol. The molecule has 0 aliphatic heterocycles. The van der Waals surface area contributed by atoms with Gasteiger partial charge in [-0.1, -0.05) is 0 Å². The van der Waals surface area contributed by atoms with Crippen LogP contribution in [0.1, 0.15) is 18.4 Å². The van der Waals surface area contributed by atoms with Crippen molar-refractivity contribution in [2.45, 2.75) is 18.9 Å². The molecule has 1 atom stereocenters. The van der Waals surface area contributed by atoms with Gasteiger partial charge in [0.15, 0.2) is 5.96 Å². The van der Waals surface area contributed by atoms with Crippen LogP contribution >= 0.6 is 0 Å². The monoisotopic (exact) mass is 296 g/mol. The number of nitrogens with two attached hydrogens (primary N) is 2. The number of halogens is 1. The molecule has 1 aromatic rings. The van der Waals surface area contributed by atoms with Gasteiger partial charge in [0.25, 0.3) is 0 Å². The van der Waals surface area contributed by atoms with Gasteiger partial charge in [-0.3, -0.25) is 9.98 Å². The van der Waals surface area contributed by atoms with Crippen molar-refractivity contribution in [2.24, 2.45) is 21.5 Å². The molecule has 21 heavy (non-hydrogen) atoms. The summed E-state index contributed by atoms with van der Waals surface area (Å²) in [7, 11) is 0. The molecular weight excluding hydrogens is 279 g/mol. The molecule has 6 N–H and O–H groups in total. The Balaban J connectivity index is 2.67. The number of aliphatic carboxylic acids is 1. The van der Waals surface area contributed by atoms with Crippen LogP contribution in [0, 0.1) is 5.82 Å². The smallest absolute Gasteiger partial charge is 0.328 e. The topological polar surface area (TPSA) is 134 Å².